The van der Waals surface area contributed by atoms with Crippen molar-refractivity contribution in [3.05, 3.63) is 70.2 Å². The van der Waals surface area contributed by atoms with Gasteiger partial charge in [0.05, 0.1) is 0 Å². The molecule has 0 radical (unpaired) electrons. The zero-order valence-electron chi connectivity index (χ0n) is 12.8. The summed E-state index contributed by atoms with van der Waals surface area (Å²) in [6, 6.07) is 18.1. The number of nitrogens with zero attached hydrogens (tertiary/aromatic N) is 1. The molecular formula is C20H22ClN. The van der Waals surface area contributed by atoms with Crippen molar-refractivity contribution in [2.75, 3.05) is 6.54 Å². The Labute approximate surface area is 137 Å². The summed E-state index contributed by atoms with van der Waals surface area (Å²) in [7, 11) is 0. The molecule has 2 aromatic rings. The molecule has 3 aliphatic rings. The zero-order chi connectivity index (χ0) is 14.9. The van der Waals surface area contributed by atoms with Crippen LogP contribution in [0.2, 0.25) is 5.02 Å². The quantitative estimate of drug-likeness (QED) is 0.775. The third-order valence-corrected chi connectivity index (χ3v) is 5.55. The van der Waals surface area contributed by atoms with E-state index in [1.165, 1.54) is 37.8 Å². The number of benzene rings is 2. The van der Waals surface area contributed by atoms with Crippen LogP contribution in [0.25, 0.3) is 0 Å². The van der Waals surface area contributed by atoms with Crippen molar-refractivity contribution in [1.29, 1.82) is 0 Å². The number of hydrogen-bond acceptors (Lipinski definition) is 1. The minimum absolute atomic E-state index is 0.688. The summed E-state index contributed by atoms with van der Waals surface area (Å²) < 4.78 is 0. The van der Waals surface area contributed by atoms with Crippen LogP contribution in [-0.4, -0.2) is 17.5 Å². The number of fused-ring (bicyclic) bond motifs is 2. The van der Waals surface area contributed by atoms with Gasteiger partial charge in [0.2, 0.25) is 0 Å². The lowest BCUT2D eigenvalue weighted by Gasteiger charge is -2.42. The molecule has 1 aliphatic carbocycles. The van der Waals surface area contributed by atoms with Crippen molar-refractivity contribution in [3.63, 3.8) is 0 Å². The van der Waals surface area contributed by atoms with Crippen LogP contribution >= 0.6 is 11.6 Å². The van der Waals surface area contributed by atoms with Crippen LogP contribution in [0.15, 0.2) is 48.5 Å². The summed E-state index contributed by atoms with van der Waals surface area (Å²) in [5.74, 6) is 0.810. The second-order valence-corrected chi connectivity index (χ2v) is 7.27. The molecule has 1 saturated heterocycles. The average molecular weight is 312 g/mol. The molecule has 5 rings (SSSR count). The first-order valence-electron chi connectivity index (χ1n) is 8.33. The number of hydrogen-bond donors (Lipinski definition) is 0. The monoisotopic (exact) mass is 311 g/mol. The molecule has 0 aromatic heterocycles. The smallest absolute Gasteiger partial charge is 0.0406 e. The van der Waals surface area contributed by atoms with E-state index in [-0.39, 0.29) is 0 Å². The third kappa shape index (κ3) is 2.93. The van der Waals surface area contributed by atoms with Gasteiger partial charge in [0.25, 0.3) is 0 Å². The Morgan fingerprint density at radius 1 is 0.909 bits per heavy atom. The third-order valence-electron chi connectivity index (χ3n) is 5.30. The highest BCUT2D eigenvalue weighted by molar-refractivity contribution is 6.30. The maximum absolute atomic E-state index is 6.01. The molecule has 0 spiro atoms. The van der Waals surface area contributed by atoms with Crippen molar-refractivity contribution in [1.82, 2.24) is 4.90 Å². The predicted molar refractivity (Wildman–Crippen MR) is 92.2 cm³/mol. The second-order valence-electron chi connectivity index (χ2n) is 6.83. The van der Waals surface area contributed by atoms with Gasteiger partial charge >= 0.3 is 0 Å². The van der Waals surface area contributed by atoms with E-state index in [4.69, 9.17) is 11.6 Å². The summed E-state index contributed by atoms with van der Waals surface area (Å²) in [4.78, 5) is 2.70. The number of rotatable bonds is 2. The fourth-order valence-corrected chi connectivity index (χ4v) is 4.25. The van der Waals surface area contributed by atoms with Gasteiger partial charge in [-0.25, -0.2) is 0 Å². The van der Waals surface area contributed by atoms with E-state index in [1.807, 2.05) is 12.1 Å². The van der Waals surface area contributed by atoms with Crippen LogP contribution in [0.3, 0.4) is 0 Å². The van der Waals surface area contributed by atoms with Crippen molar-refractivity contribution in [2.24, 2.45) is 5.92 Å². The second kappa shape index (κ2) is 6.06. The molecule has 2 heterocycles. The van der Waals surface area contributed by atoms with E-state index in [0.29, 0.717) is 6.04 Å². The molecule has 1 nitrogen and oxygen atoms in total. The normalized spacial score (nSPS) is 24.6. The van der Waals surface area contributed by atoms with Crippen molar-refractivity contribution in [3.8, 4) is 0 Å². The molecule has 2 heteroatoms. The molecule has 22 heavy (non-hydrogen) atoms. The molecule has 1 fully saturated rings. The molecule has 114 valence electrons. The molecule has 0 amide bonds. The minimum atomic E-state index is 0.688. The average Bonchev–Trinajstić information content (AvgIpc) is 2.50. The molecule has 2 atom stereocenters. The van der Waals surface area contributed by atoms with E-state index >= 15 is 0 Å². The molecule has 0 saturated carbocycles. The maximum atomic E-state index is 6.01. The summed E-state index contributed by atoms with van der Waals surface area (Å²) in [5, 5.41) is 0.826. The fourth-order valence-electron chi connectivity index (χ4n) is 4.12. The fraction of sp³-hybridized carbons (Fsp3) is 0.400. The highest BCUT2D eigenvalue weighted by atomic mass is 35.5. The van der Waals surface area contributed by atoms with E-state index in [1.54, 1.807) is 11.1 Å². The zero-order valence-corrected chi connectivity index (χ0v) is 13.6. The van der Waals surface area contributed by atoms with Crippen molar-refractivity contribution in [2.45, 2.75) is 38.3 Å². The van der Waals surface area contributed by atoms with Crippen LogP contribution in [-0.2, 0) is 19.4 Å². The summed E-state index contributed by atoms with van der Waals surface area (Å²) in [5.41, 5.74) is 4.53. The lowest BCUT2D eigenvalue weighted by molar-refractivity contribution is 0.0938. The Bertz CT molecular complexity index is 649. The number of piperidine rings is 1. The van der Waals surface area contributed by atoms with Gasteiger partial charge in [-0.1, -0.05) is 48.0 Å². The van der Waals surface area contributed by atoms with Gasteiger partial charge in [-0.15, -0.1) is 0 Å². The van der Waals surface area contributed by atoms with Crippen LogP contribution in [0.5, 0.6) is 0 Å². The van der Waals surface area contributed by atoms with Crippen LogP contribution in [0.1, 0.15) is 29.5 Å². The van der Waals surface area contributed by atoms with Gasteiger partial charge in [-0.3, -0.25) is 4.90 Å². The highest BCUT2D eigenvalue weighted by Crippen LogP contribution is 2.33. The molecule has 0 N–H and O–H groups in total. The number of halogens is 1. The summed E-state index contributed by atoms with van der Waals surface area (Å²) in [6.07, 6.45) is 5.18. The molecular weight excluding hydrogens is 290 g/mol. The lowest BCUT2D eigenvalue weighted by atomic mass is 9.80. The van der Waals surface area contributed by atoms with Crippen LogP contribution in [0.4, 0.5) is 0 Å². The van der Waals surface area contributed by atoms with Gasteiger partial charge in [-0.05, 0) is 60.4 Å². The van der Waals surface area contributed by atoms with Gasteiger partial charge in [0.15, 0.2) is 0 Å². The Morgan fingerprint density at radius 3 is 2.41 bits per heavy atom. The minimum Gasteiger partial charge on any atom is -0.296 e. The topological polar surface area (TPSA) is 3.24 Å². The molecule has 0 unspecified atom stereocenters. The molecule has 2 bridgehead atoms. The Balaban J connectivity index is 1.57. The van der Waals surface area contributed by atoms with E-state index in [2.05, 4.69) is 41.3 Å². The predicted octanol–water partition coefficient (Wildman–Crippen LogP) is 4.72. The lowest BCUT2D eigenvalue weighted by Crippen LogP contribution is -2.46. The first-order valence-corrected chi connectivity index (χ1v) is 8.71. The van der Waals surface area contributed by atoms with Gasteiger partial charge in [-0.2, -0.15) is 0 Å². The summed E-state index contributed by atoms with van der Waals surface area (Å²) >= 11 is 6.01. The molecule has 2 aromatic carbocycles. The highest BCUT2D eigenvalue weighted by Gasteiger charge is 2.31. The Kier molecular flexibility index (Phi) is 3.94. The molecule has 2 aliphatic heterocycles. The largest absolute Gasteiger partial charge is 0.296 e. The van der Waals surface area contributed by atoms with Crippen LogP contribution in [0, 0.1) is 5.92 Å². The van der Waals surface area contributed by atoms with E-state index in [9.17, 15) is 0 Å². The summed E-state index contributed by atoms with van der Waals surface area (Å²) in [6.45, 7) is 2.29. The van der Waals surface area contributed by atoms with Crippen LogP contribution < -0.4 is 0 Å². The van der Waals surface area contributed by atoms with Crippen molar-refractivity contribution >= 4 is 11.6 Å². The van der Waals surface area contributed by atoms with Gasteiger partial charge in [0, 0.05) is 24.2 Å². The Hall–Kier alpha value is -1.31. The van der Waals surface area contributed by atoms with E-state index in [0.717, 1.165) is 17.5 Å². The van der Waals surface area contributed by atoms with Gasteiger partial charge in [0.1, 0.15) is 0 Å². The van der Waals surface area contributed by atoms with E-state index < -0.39 is 0 Å². The standard InChI is InChI=1S/C20H22ClN/c21-19-8-5-15(6-9-19)13-22-14-16-7-10-20(22)12-18-4-2-1-3-17(18)11-16/h1-6,8-9,16,20H,7,10-14H2/t16-,20+/m0/s1. The maximum Gasteiger partial charge on any atom is 0.0406 e. The Morgan fingerprint density at radius 2 is 1.64 bits per heavy atom. The first kappa shape index (κ1) is 14.3. The first-order chi connectivity index (χ1) is 10.8. The van der Waals surface area contributed by atoms with Gasteiger partial charge < -0.3 is 0 Å². The SMILES string of the molecule is Clc1ccc(CN2C[C@H]3CC[C@@H]2Cc2ccccc2C3)cc1. The van der Waals surface area contributed by atoms with Crippen molar-refractivity contribution < 1.29 is 0 Å².